The molecule has 1 saturated carbocycles. The molecular weight excluding hydrogens is 310 g/mol. The van der Waals surface area contributed by atoms with E-state index in [0.29, 0.717) is 17.8 Å². The molecule has 1 fully saturated rings. The Morgan fingerprint density at radius 2 is 1.72 bits per heavy atom. The molecule has 4 rings (SSSR count). The molecule has 0 saturated heterocycles. The van der Waals surface area contributed by atoms with E-state index in [4.69, 9.17) is 15.8 Å². The molecule has 0 spiro atoms. The Morgan fingerprint density at radius 3 is 2.44 bits per heavy atom. The van der Waals surface area contributed by atoms with Gasteiger partial charge in [-0.2, -0.15) is 0 Å². The maximum atomic E-state index is 6.08. The molecule has 0 bridgehead atoms. The van der Waals surface area contributed by atoms with E-state index in [1.807, 2.05) is 24.3 Å². The Kier molecular flexibility index (Phi) is 4.57. The van der Waals surface area contributed by atoms with Gasteiger partial charge in [-0.05, 0) is 43.4 Å². The van der Waals surface area contributed by atoms with Crippen LogP contribution in [0.4, 0.5) is 0 Å². The Bertz CT molecular complexity index is 805. The highest BCUT2D eigenvalue weighted by Gasteiger charge is 2.26. The molecule has 1 aliphatic rings. The highest BCUT2D eigenvalue weighted by molar-refractivity contribution is 5.48. The van der Waals surface area contributed by atoms with Crippen molar-refractivity contribution in [1.82, 2.24) is 19.7 Å². The molecule has 2 N–H and O–H groups in total. The van der Waals surface area contributed by atoms with Gasteiger partial charge in [0.15, 0.2) is 5.82 Å². The fourth-order valence-corrected chi connectivity index (χ4v) is 3.51. The van der Waals surface area contributed by atoms with Crippen molar-refractivity contribution in [1.29, 1.82) is 0 Å². The number of pyridine rings is 1. The molecule has 0 unspecified atom stereocenters. The van der Waals surface area contributed by atoms with Crippen LogP contribution >= 0.6 is 0 Å². The van der Waals surface area contributed by atoms with Gasteiger partial charge in [-0.1, -0.05) is 36.4 Å². The van der Waals surface area contributed by atoms with E-state index in [2.05, 4.69) is 33.9 Å². The first-order chi connectivity index (χ1) is 12.3. The van der Waals surface area contributed by atoms with Gasteiger partial charge in [-0.3, -0.25) is 4.98 Å². The standard InChI is InChI=1S/C20H23N5/c21-17-11-9-16(10-12-17)20-23-19(18-8-4-5-13-22-18)24-25(20)14-15-6-2-1-3-7-15/h1-8,13,16-17H,9-12,14,21H2. The van der Waals surface area contributed by atoms with Crippen LogP contribution < -0.4 is 5.73 Å². The second kappa shape index (κ2) is 7.15. The van der Waals surface area contributed by atoms with Crippen molar-refractivity contribution >= 4 is 0 Å². The molecule has 5 heteroatoms. The summed E-state index contributed by atoms with van der Waals surface area (Å²) in [6.07, 6.45) is 6.06. The number of nitrogens with zero attached hydrogens (tertiary/aromatic N) is 4. The van der Waals surface area contributed by atoms with Gasteiger partial charge in [0.25, 0.3) is 0 Å². The fraction of sp³-hybridized carbons (Fsp3) is 0.350. The third kappa shape index (κ3) is 3.61. The lowest BCUT2D eigenvalue weighted by Gasteiger charge is -2.25. The second-order valence-electron chi connectivity index (χ2n) is 6.76. The Hall–Kier alpha value is -2.53. The zero-order valence-electron chi connectivity index (χ0n) is 14.3. The lowest BCUT2D eigenvalue weighted by atomic mass is 9.86. The van der Waals surface area contributed by atoms with Crippen LogP contribution in [0, 0.1) is 0 Å². The van der Waals surface area contributed by atoms with E-state index >= 15 is 0 Å². The minimum absolute atomic E-state index is 0.331. The molecule has 0 radical (unpaired) electrons. The summed E-state index contributed by atoms with van der Waals surface area (Å²) in [6.45, 7) is 0.735. The molecule has 25 heavy (non-hydrogen) atoms. The highest BCUT2D eigenvalue weighted by Crippen LogP contribution is 2.32. The smallest absolute Gasteiger partial charge is 0.200 e. The molecule has 128 valence electrons. The van der Waals surface area contributed by atoms with Gasteiger partial charge < -0.3 is 5.73 Å². The number of hydrogen-bond donors (Lipinski definition) is 1. The van der Waals surface area contributed by atoms with Gasteiger partial charge in [0.05, 0.1) is 6.54 Å². The van der Waals surface area contributed by atoms with Crippen LogP contribution in [0.3, 0.4) is 0 Å². The summed E-state index contributed by atoms with van der Waals surface area (Å²) >= 11 is 0. The molecular formula is C20H23N5. The maximum absolute atomic E-state index is 6.08. The number of nitrogens with two attached hydrogens (primary N) is 1. The van der Waals surface area contributed by atoms with Crippen molar-refractivity contribution in [2.75, 3.05) is 0 Å². The van der Waals surface area contributed by atoms with Crippen LogP contribution in [0.5, 0.6) is 0 Å². The van der Waals surface area contributed by atoms with Gasteiger partial charge >= 0.3 is 0 Å². The molecule has 1 aliphatic carbocycles. The van der Waals surface area contributed by atoms with E-state index in [1.165, 1.54) is 5.56 Å². The van der Waals surface area contributed by atoms with Crippen LogP contribution in [0.2, 0.25) is 0 Å². The molecule has 0 amide bonds. The summed E-state index contributed by atoms with van der Waals surface area (Å²) in [5, 5.41) is 4.78. The normalized spacial score (nSPS) is 20.5. The number of aromatic nitrogens is 4. The van der Waals surface area contributed by atoms with Gasteiger partial charge in [-0.15, -0.1) is 5.10 Å². The average molecular weight is 333 g/mol. The fourth-order valence-electron chi connectivity index (χ4n) is 3.51. The van der Waals surface area contributed by atoms with Crippen molar-refractivity contribution in [3.8, 4) is 11.5 Å². The number of benzene rings is 1. The quantitative estimate of drug-likeness (QED) is 0.795. The van der Waals surface area contributed by atoms with Crippen molar-refractivity contribution in [3.05, 3.63) is 66.1 Å². The largest absolute Gasteiger partial charge is 0.328 e. The van der Waals surface area contributed by atoms with Gasteiger partial charge in [0.1, 0.15) is 11.5 Å². The average Bonchev–Trinajstić information content (AvgIpc) is 3.08. The molecule has 3 aromatic rings. The number of rotatable bonds is 4. The topological polar surface area (TPSA) is 69.6 Å². The van der Waals surface area contributed by atoms with Gasteiger partial charge in [0.2, 0.25) is 0 Å². The molecule has 5 nitrogen and oxygen atoms in total. The molecule has 2 aromatic heterocycles. The minimum Gasteiger partial charge on any atom is -0.328 e. The predicted molar refractivity (Wildman–Crippen MR) is 98.0 cm³/mol. The molecule has 1 aromatic carbocycles. The first-order valence-electron chi connectivity index (χ1n) is 8.95. The summed E-state index contributed by atoms with van der Waals surface area (Å²) in [4.78, 5) is 9.28. The Morgan fingerprint density at radius 1 is 0.960 bits per heavy atom. The van der Waals surface area contributed by atoms with E-state index in [-0.39, 0.29) is 0 Å². The van der Waals surface area contributed by atoms with Crippen LogP contribution in [-0.2, 0) is 6.54 Å². The third-order valence-electron chi connectivity index (χ3n) is 4.91. The first-order valence-corrected chi connectivity index (χ1v) is 8.95. The Balaban J connectivity index is 1.68. The van der Waals surface area contributed by atoms with E-state index in [0.717, 1.165) is 43.7 Å². The molecule has 0 aliphatic heterocycles. The van der Waals surface area contributed by atoms with Crippen LogP contribution in [-0.4, -0.2) is 25.8 Å². The van der Waals surface area contributed by atoms with Gasteiger partial charge in [-0.25, -0.2) is 9.67 Å². The van der Waals surface area contributed by atoms with Crippen molar-refractivity contribution in [3.63, 3.8) is 0 Å². The van der Waals surface area contributed by atoms with Crippen molar-refractivity contribution < 1.29 is 0 Å². The Labute approximate surface area is 147 Å². The highest BCUT2D eigenvalue weighted by atomic mass is 15.4. The zero-order valence-corrected chi connectivity index (χ0v) is 14.3. The SMILES string of the molecule is NC1CCC(c2nc(-c3ccccn3)nn2Cc2ccccc2)CC1. The molecule has 2 heterocycles. The van der Waals surface area contributed by atoms with E-state index in [1.54, 1.807) is 6.20 Å². The van der Waals surface area contributed by atoms with Crippen LogP contribution in [0.1, 0.15) is 43.0 Å². The minimum atomic E-state index is 0.331. The summed E-state index contributed by atoms with van der Waals surface area (Å²) in [6, 6.07) is 16.6. The summed E-state index contributed by atoms with van der Waals surface area (Å²) in [5.41, 5.74) is 8.13. The maximum Gasteiger partial charge on any atom is 0.200 e. The van der Waals surface area contributed by atoms with Crippen LogP contribution in [0.25, 0.3) is 11.5 Å². The van der Waals surface area contributed by atoms with E-state index < -0.39 is 0 Å². The first kappa shape index (κ1) is 16.0. The van der Waals surface area contributed by atoms with Crippen LogP contribution in [0.15, 0.2) is 54.7 Å². The van der Waals surface area contributed by atoms with Crippen molar-refractivity contribution in [2.24, 2.45) is 5.73 Å². The lowest BCUT2D eigenvalue weighted by Crippen LogP contribution is -2.27. The second-order valence-corrected chi connectivity index (χ2v) is 6.76. The van der Waals surface area contributed by atoms with Gasteiger partial charge in [0, 0.05) is 18.2 Å². The van der Waals surface area contributed by atoms with Crippen molar-refractivity contribution in [2.45, 2.75) is 44.2 Å². The zero-order chi connectivity index (χ0) is 17.1. The molecule has 0 atom stereocenters. The number of hydrogen-bond acceptors (Lipinski definition) is 4. The summed E-state index contributed by atoms with van der Waals surface area (Å²) in [5.74, 6) is 2.20. The third-order valence-corrected chi connectivity index (χ3v) is 4.91. The lowest BCUT2D eigenvalue weighted by molar-refractivity contribution is 0.374. The van der Waals surface area contributed by atoms with E-state index in [9.17, 15) is 0 Å². The monoisotopic (exact) mass is 333 g/mol. The summed E-state index contributed by atoms with van der Waals surface area (Å²) < 4.78 is 2.06. The summed E-state index contributed by atoms with van der Waals surface area (Å²) in [7, 11) is 0. The predicted octanol–water partition coefficient (Wildman–Crippen LogP) is 3.37.